The monoisotopic (exact) mass is 243 g/mol. The number of nitrogens with two attached hydrogens (primary N) is 1. The number of aliphatic carboxylic acids is 1. The Morgan fingerprint density at radius 3 is 2.59 bits per heavy atom. The first-order chi connectivity index (χ1) is 7.95. The van der Waals surface area contributed by atoms with Crippen LogP contribution in [0.5, 0.6) is 0 Å². The number of aliphatic hydroxyl groups is 2. The van der Waals surface area contributed by atoms with Crippen LogP contribution in [0.2, 0.25) is 0 Å². The van der Waals surface area contributed by atoms with Gasteiger partial charge < -0.3 is 21.1 Å². The lowest BCUT2D eigenvalue weighted by Gasteiger charge is -2.19. The Balaban J connectivity index is 2.94. The smallest absolute Gasteiger partial charge is 0.306 e. The van der Waals surface area contributed by atoms with Crippen molar-refractivity contribution in [3.05, 3.63) is 35.1 Å². The summed E-state index contributed by atoms with van der Waals surface area (Å²) in [5, 5.41) is 27.7. The van der Waals surface area contributed by atoms with E-state index in [9.17, 15) is 19.4 Å². The zero-order valence-electron chi connectivity index (χ0n) is 9.01. The summed E-state index contributed by atoms with van der Waals surface area (Å²) in [6, 6.07) is 3.55. The highest BCUT2D eigenvalue weighted by molar-refractivity contribution is 5.67. The van der Waals surface area contributed by atoms with Gasteiger partial charge in [-0.25, -0.2) is 4.39 Å². The van der Waals surface area contributed by atoms with E-state index >= 15 is 0 Å². The molecule has 2 atom stereocenters. The second-order valence-electron chi connectivity index (χ2n) is 3.66. The number of carbonyl (C=O) groups is 1. The molecule has 94 valence electrons. The number of benzene rings is 1. The quantitative estimate of drug-likeness (QED) is 0.589. The molecular weight excluding hydrogens is 229 g/mol. The molecule has 0 aliphatic carbocycles. The van der Waals surface area contributed by atoms with Crippen molar-refractivity contribution < 1.29 is 24.5 Å². The molecule has 0 amide bonds. The van der Waals surface area contributed by atoms with Gasteiger partial charge in [0.25, 0.3) is 0 Å². The lowest BCUT2D eigenvalue weighted by molar-refractivity contribution is -0.141. The minimum Gasteiger partial charge on any atom is -0.481 e. The Morgan fingerprint density at radius 2 is 2.06 bits per heavy atom. The fourth-order valence-corrected chi connectivity index (χ4v) is 1.54. The van der Waals surface area contributed by atoms with Crippen molar-refractivity contribution in [3.8, 4) is 0 Å². The Bertz CT molecular complexity index is 410. The van der Waals surface area contributed by atoms with Gasteiger partial charge in [-0.05, 0) is 23.3 Å². The third kappa shape index (κ3) is 3.48. The summed E-state index contributed by atoms with van der Waals surface area (Å²) in [6.07, 6.45) is -3.45. The minimum absolute atomic E-state index is 0.00998. The molecule has 0 radical (unpaired) electrons. The maximum Gasteiger partial charge on any atom is 0.306 e. The van der Waals surface area contributed by atoms with Crippen molar-refractivity contribution in [2.45, 2.75) is 25.2 Å². The van der Waals surface area contributed by atoms with Gasteiger partial charge in [-0.2, -0.15) is 0 Å². The van der Waals surface area contributed by atoms with E-state index in [1.807, 2.05) is 0 Å². The molecule has 1 aromatic rings. The molecule has 0 spiro atoms. The predicted octanol–water partition coefficient (Wildman–Crippen LogP) is 0.153. The molecular formula is C11H14FNO4. The van der Waals surface area contributed by atoms with Gasteiger partial charge in [0, 0.05) is 6.54 Å². The Morgan fingerprint density at radius 1 is 1.41 bits per heavy atom. The van der Waals surface area contributed by atoms with Crippen molar-refractivity contribution in [1.82, 2.24) is 0 Å². The van der Waals surface area contributed by atoms with Crippen LogP contribution in [0, 0.1) is 5.82 Å². The number of carboxylic acids is 1. The topological polar surface area (TPSA) is 104 Å². The van der Waals surface area contributed by atoms with Crippen molar-refractivity contribution >= 4 is 5.97 Å². The van der Waals surface area contributed by atoms with E-state index < -0.39 is 30.4 Å². The zero-order valence-corrected chi connectivity index (χ0v) is 9.01. The molecule has 0 saturated heterocycles. The van der Waals surface area contributed by atoms with E-state index in [0.717, 1.165) is 12.1 Å². The second-order valence-corrected chi connectivity index (χ2v) is 3.66. The lowest BCUT2D eigenvalue weighted by atomic mass is 9.97. The van der Waals surface area contributed by atoms with Crippen LogP contribution < -0.4 is 5.73 Å². The highest BCUT2D eigenvalue weighted by atomic mass is 19.1. The number of aliphatic hydroxyl groups excluding tert-OH is 2. The Kier molecular flexibility index (Phi) is 4.56. The fraction of sp³-hybridized carbons (Fsp3) is 0.364. The molecule has 1 aromatic carbocycles. The molecule has 17 heavy (non-hydrogen) atoms. The van der Waals surface area contributed by atoms with Gasteiger partial charge in [0.05, 0.1) is 12.5 Å². The summed E-state index contributed by atoms with van der Waals surface area (Å²) < 4.78 is 12.9. The molecule has 0 aromatic heterocycles. The average Bonchev–Trinajstić information content (AvgIpc) is 2.27. The molecule has 6 heteroatoms. The van der Waals surface area contributed by atoms with E-state index in [1.54, 1.807) is 0 Å². The van der Waals surface area contributed by atoms with Crippen molar-refractivity contribution in [3.63, 3.8) is 0 Å². The van der Waals surface area contributed by atoms with Crippen molar-refractivity contribution in [2.24, 2.45) is 5.73 Å². The van der Waals surface area contributed by atoms with E-state index in [-0.39, 0.29) is 12.1 Å². The standard InChI is InChI=1S/C11H14FNO4/c12-7-1-2-8(6(3-7)5-13)11(17)9(14)4-10(15)16/h1-3,9,11,14,17H,4-5,13H2,(H,15,16). The van der Waals surface area contributed by atoms with Crippen LogP contribution in [-0.4, -0.2) is 27.4 Å². The third-order valence-electron chi connectivity index (χ3n) is 2.39. The zero-order chi connectivity index (χ0) is 13.0. The maximum absolute atomic E-state index is 12.9. The molecule has 0 fully saturated rings. The van der Waals surface area contributed by atoms with Gasteiger partial charge in [-0.15, -0.1) is 0 Å². The summed E-state index contributed by atoms with van der Waals surface area (Å²) >= 11 is 0. The number of halogens is 1. The Labute approximate surface area is 97.3 Å². The molecule has 2 unspecified atom stereocenters. The molecule has 0 bridgehead atoms. The number of carboxylic acid groups (broad SMARTS) is 1. The predicted molar refractivity (Wildman–Crippen MR) is 57.5 cm³/mol. The van der Waals surface area contributed by atoms with Gasteiger partial charge in [-0.3, -0.25) is 4.79 Å². The summed E-state index contributed by atoms with van der Waals surface area (Å²) in [5.41, 5.74) is 5.96. The summed E-state index contributed by atoms with van der Waals surface area (Å²) in [4.78, 5) is 10.4. The van der Waals surface area contributed by atoms with Crippen molar-refractivity contribution in [2.75, 3.05) is 0 Å². The fourth-order valence-electron chi connectivity index (χ4n) is 1.54. The molecule has 5 N–H and O–H groups in total. The molecule has 0 aliphatic heterocycles. The van der Waals surface area contributed by atoms with E-state index in [2.05, 4.69) is 0 Å². The molecule has 1 rings (SSSR count). The van der Waals surface area contributed by atoms with Crippen LogP contribution in [0.3, 0.4) is 0 Å². The SMILES string of the molecule is NCc1cc(F)ccc1C(O)C(O)CC(=O)O. The summed E-state index contributed by atoms with van der Waals surface area (Å²) in [6.45, 7) is -0.00998. The van der Waals surface area contributed by atoms with Crippen LogP contribution >= 0.6 is 0 Å². The lowest BCUT2D eigenvalue weighted by Crippen LogP contribution is -2.23. The minimum atomic E-state index is -1.46. The summed E-state index contributed by atoms with van der Waals surface area (Å²) in [7, 11) is 0. The molecule has 0 aliphatic rings. The van der Waals surface area contributed by atoms with Gasteiger partial charge >= 0.3 is 5.97 Å². The molecule has 5 nitrogen and oxygen atoms in total. The first kappa shape index (κ1) is 13.6. The van der Waals surface area contributed by atoms with E-state index in [1.165, 1.54) is 6.07 Å². The maximum atomic E-state index is 12.9. The average molecular weight is 243 g/mol. The molecule has 0 saturated carbocycles. The second kappa shape index (κ2) is 5.72. The Hall–Kier alpha value is -1.50. The van der Waals surface area contributed by atoms with Gasteiger partial charge in [0.2, 0.25) is 0 Å². The number of rotatable bonds is 5. The van der Waals surface area contributed by atoms with Crippen molar-refractivity contribution in [1.29, 1.82) is 0 Å². The first-order valence-corrected chi connectivity index (χ1v) is 5.02. The molecule has 0 heterocycles. The van der Waals surface area contributed by atoms with E-state index in [0.29, 0.717) is 5.56 Å². The van der Waals surface area contributed by atoms with Crippen LogP contribution in [0.4, 0.5) is 4.39 Å². The normalized spacial score (nSPS) is 14.4. The summed E-state index contributed by atoms with van der Waals surface area (Å²) in [5.74, 6) is -1.73. The number of hydrogen-bond donors (Lipinski definition) is 4. The van der Waals surface area contributed by atoms with Crippen LogP contribution in [0.15, 0.2) is 18.2 Å². The first-order valence-electron chi connectivity index (χ1n) is 5.02. The highest BCUT2D eigenvalue weighted by Crippen LogP contribution is 2.23. The van der Waals surface area contributed by atoms with E-state index in [4.69, 9.17) is 10.8 Å². The van der Waals surface area contributed by atoms with Gasteiger partial charge in [-0.1, -0.05) is 6.07 Å². The van der Waals surface area contributed by atoms with Crippen LogP contribution in [-0.2, 0) is 11.3 Å². The highest BCUT2D eigenvalue weighted by Gasteiger charge is 2.23. The largest absolute Gasteiger partial charge is 0.481 e. The van der Waals surface area contributed by atoms with Crippen LogP contribution in [0.1, 0.15) is 23.7 Å². The van der Waals surface area contributed by atoms with Gasteiger partial charge in [0.15, 0.2) is 0 Å². The van der Waals surface area contributed by atoms with Gasteiger partial charge in [0.1, 0.15) is 11.9 Å². The van der Waals surface area contributed by atoms with Crippen LogP contribution in [0.25, 0.3) is 0 Å². The number of hydrogen-bond acceptors (Lipinski definition) is 4. The third-order valence-corrected chi connectivity index (χ3v) is 2.39.